The van der Waals surface area contributed by atoms with Gasteiger partial charge < -0.3 is 4.90 Å². The highest BCUT2D eigenvalue weighted by molar-refractivity contribution is 9.09. The van der Waals surface area contributed by atoms with Crippen molar-refractivity contribution >= 4 is 31.5 Å². The van der Waals surface area contributed by atoms with Crippen LogP contribution in [0.15, 0.2) is 29.2 Å². The second-order valence-corrected chi connectivity index (χ2v) is 7.83. The maximum absolute atomic E-state index is 12.5. The van der Waals surface area contributed by atoms with Gasteiger partial charge >= 0.3 is 5.76 Å². The van der Waals surface area contributed by atoms with Crippen molar-refractivity contribution in [3.63, 3.8) is 0 Å². The smallest absolute Gasteiger partial charge is 0.341 e. The highest BCUT2D eigenvalue weighted by atomic mass is 79.9. The Morgan fingerprint density at radius 3 is 2.29 bits per heavy atom. The monoisotopic (exact) mass is 381 g/mol. The first-order valence-corrected chi connectivity index (χ1v) is 9.58. The first kappa shape index (κ1) is 16.7. The van der Waals surface area contributed by atoms with Crippen LogP contribution in [-0.2, 0) is 9.84 Å². The summed E-state index contributed by atoms with van der Waals surface area (Å²) in [7, 11) is -4.51. The fourth-order valence-electron chi connectivity index (χ4n) is 2.38. The number of hydrogen-bond donors (Lipinski definition) is 0. The predicted molar refractivity (Wildman–Crippen MR) is 83.0 cm³/mol. The molecule has 0 N–H and O–H groups in total. The third kappa shape index (κ3) is 3.74. The number of halogens is 3. The lowest BCUT2D eigenvalue weighted by Gasteiger charge is -2.39. The second-order valence-electron chi connectivity index (χ2n) is 5.12. The van der Waals surface area contributed by atoms with E-state index in [1.165, 1.54) is 18.6 Å². The van der Waals surface area contributed by atoms with Gasteiger partial charge in [0.15, 0.2) is 0 Å². The highest BCUT2D eigenvalue weighted by Gasteiger charge is 2.28. The van der Waals surface area contributed by atoms with Crippen molar-refractivity contribution in [3.8, 4) is 0 Å². The van der Waals surface area contributed by atoms with Crippen molar-refractivity contribution in [2.45, 2.75) is 42.4 Å². The molecule has 0 aliphatic heterocycles. The lowest BCUT2D eigenvalue weighted by Crippen LogP contribution is -2.41. The first-order chi connectivity index (χ1) is 9.96. The van der Waals surface area contributed by atoms with E-state index in [0.717, 1.165) is 36.8 Å². The molecule has 1 aromatic carbocycles. The van der Waals surface area contributed by atoms with Gasteiger partial charge in [0.25, 0.3) is 0 Å². The number of alkyl halides is 3. The molecule has 3 nitrogen and oxygen atoms in total. The summed E-state index contributed by atoms with van der Waals surface area (Å²) in [4.78, 5) is 1.92. The predicted octanol–water partition coefficient (Wildman–Crippen LogP) is 3.83. The number of sulfone groups is 1. The molecule has 0 saturated heterocycles. The molecule has 0 unspecified atom stereocenters. The van der Waals surface area contributed by atoms with Gasteiger partial charge in [-0.05, 0) is 49.9 Å². The Morgan fingerprint density at radius 2 is 1.86 bits per heavy atom. The molecule has 1 aliphatic rings. The molecule has 0 bridgehead atoms. The molecular formula is C14H18BrF2NO2S. The summed E-state index contributed by atoms with van der Waals surface area (Å²) >= 11 is 3.40. The van der Waals surface area contributed by atoms with Crippen molar-refractivity contribution < 1.29 is 17.2 Å². The topological polar surface area (TPSA) is 37.4 Å². The molecule has 118 valence electrons. The number of rotatable bonds is 7. The quantitative estimate of drug-likeness (QED) is 0.673. The van der Waals surface area contributed by atoms with Crippen molar-refractivity contribution in [1.29, 1.82) is 0 Å². The Bertz CT molecular complexity index is 559. The lowest BCUT2D eigenvalue weighted by atomic mass is 9.91. The van der Waals surface area contributed by atoms with Gasteiger partial charge in [-0.3, -0.25) is 0 Å². The third-order valence-electron chi connectivity index (χ3n) is 3.78. The highest BCUT2D eigenvalue weighted by Crippen LogP contribution is 2.31. The van der Waals surface area contributed by atoms with Crippen LogP contribution < -0.4 is 4.90 Å². The summed E-state index contributed by atoms with van der Waals surface area (Å²) in [5.41, 5.74) is 0.897. The molecular weight excluding hydrogens is 364 g/mol. The average Bonchev–Trinajstić information content (AvgIpc) is 2.41. The number of anilines is 1. The number of benzene rings is 1. The van der Waals surface area contributed by atoms with Crippen molar-refractivity contribution in [3.05, 3.63) is 24.3 Å². The normalized spacial score (nSPS) is 16.0. The maximum Gasteiger partial charge on any atom is 0.341 e. The van der Waals surface area contributed by atoms with Crippen LogP contribution in [0.2, 0.25) is 0 Å². The Kier molecular flexibility index (Phi) is 5.60. The molecule has 0 radical (unpaired) electrons. The number of hydrogen-bond acceptors (Lipinski definition) is 3. The summed E-state index contributed by atoms with van der Waals surface area (Å²) in [6.45, 7) is 0.872. The minimum Gasteiger partial charge on any atom is -0.369 e. The molecule has 1 fully saturated rings. The fourth-order valence-corrected chi connectivity index (χ4v) is 3.35. The molecule has 1 saturated carbocycles. The molecule has 0 atom stereocenters. The summed E-state index contributed by atoms with van der Waals surface area (Å²) in [5.74, 6) is -3.38. The third-order valence-corrected chi connectivity index (χ3v) is 5.74. The Balaban J connectivity index is 2.19. The minimum atomic E-state index is -4.51. The van der Waals surface area contributed by atoms with Crippen molar-refractivity contribution in [2.75, 3.05) is 16.8 Å². The van der Waals surface area contributed by atoms with Gasteiger partial charge in [0.1, 0.15) is 0 Å². The molecule has 0 spiro atoms. The molecule has 0 aromatic heterocycles. The number of nitrogens with zero attached hydrogens (tertiary/aromatic N) is 1. The SMILES string of the molecule is O=S(=O)(c1ccc(N(CCCBr)C2CCC2)cc1)C(F)F. The van der Waals surface area contributed by atoms with Gasteiger partial charge in [-0.15, -0.1) is 0 Å². The second kappa shape index (κ2) is 7.05. The molecule has 0 heterocycles. The largest absolute Gasteiger partial charge is 0.369 e. The van der Waals surface area contributed by atoms with Gasteiger partial charge in [-0.25, -0.2) is 8.42 Å². The zero-order valence-corrected chi connectivity index (χ0v) is 13.9. The minimum absolute atomic E-state index is 0.324. The molecule has 1 aliphatic carbocycles. The van der Waals surface area contributed by atoms with Gasteiger partial charge in [0.2, 0.25) is 9.84 Å². The van der Waals surface area contributed by atoms with E-state index in [1.807, 2.05) is 0 Å². The van der Waals surface area contributed by atoms with Crippen LogP contribution in [0.25, 0.3) is 0 Å². The van der Waals surface area contributed by atoms with Crippen LogP contribution in [0.1, 0.15) is 25.7 Å². The standard InChI is InChI=1S/C14H18BrF2NO2S/c15-9-2-10-18(11-3-1-4-11)12-5-7-13(8-6-12)21(19,20)14(16)17/h5-8,11,14H,1-4,9-10H2. The van der Waals surface area contributed by atoms with E-state index in [4.69, 9.17) is 0 Å². The first-order valence-electron chi connectivity index (χ1n) is 6.91. The molecule has 1 aromatic rings. The van der Waals surface area contributed by atoms with Crippen LogP contribution in [-0.4, -0.2) is 32.1 Å². The zero-order chi connectivity index (χ0) is 15.5. The van der Waals surface area contributed by atoms with E-state index in [9.17, 15) is 17.2 Å². The van der Waals surface area contributed by atoms with Gasteiger partial charge in [0, 0.05) is 23.6 Å². The Hall–Kier alpha value is -0.690. The van der Waals surface area contributed by atoms with E-state index in [-0.39, 0.29) is 4.90 Å². The van der Waals surface area contributed by atoms with Gasteiger partial charge in [0.05, 0.1) is 4.90 Å². The average molecular weight is 382 g/mol. The van der Waals surface area contributed by atoms with E-state index in [2.05, 4.69) is 20.8 Å². The molecule has 21 heavy (non-hydrogen) atoms. The maximum atomic E-state index is 12.5. The van der Waals surface area contributed by atoms with Crippen molar-refractivity contribution in [2.24, 2.45) is 0 Å². The Labute approximate surface area is 132 Å². The fraction of sp³-hybridized carbons (Fsp3) is 0.571. The van der Waals surface area contributed by atoms with Gasteiger partial charge in [-0.2, -0.15) is 8.78 Å². The van der Waals surface area contributed by atoms with Crippen LogP contribution in [0.3, 0.4) is 0 Å². The van der Waals surface area contributed by atoms with Crippen LogP contribution in [0, 0.1) is 0 Å². The van der Waals surface area contributed by atoms with Gasteiger partial charge in [-0.1, -0.05) is 15.9 Å². The molecule has 7 heteroatoms. The van der Waals surface area contributed by atoms with E-state index >= 15 is 0 Å². The van der Waals surface area contributed by atoms with Crippen molar-refractivity contribution in [1.82, 2.24) is 0 Å². The summed E-state index contributed by atoms with van der Waals surface area (Å²) in [6, 6.07) is 6.28. The van der Waals surface area contributed by atoms with Crippen LogP contribution in [0.5, 0.6) is 0 Å². The van der Waals surface area contributed by atoms with Crippen LogP contribution >= 0.6 is 15.9 Å². The van der Waals surface area contributed by atoms with E-state index in [1.54, 1.807) is 12.1 Å². The molecule has 0 amide bonds. The van der Waals surface area contributed by atoms with E-state index in [0.29, 0.717) is 6.04 Å². The molecule has 2 rings (SSSR count). The Morgan fingerprint density at radius 1 is 1.24 bits per heavy atom. The van der Waals surface area contributed by atoms with Crippen LogP contribution in [0.4, 0.5) is 14.5 Å². The zero-order valence-electron chi connectivity index (χ0n) is 11.5. The lowest BCUT2D eigenvalue weighted by molar-refractivity contribution is 0.234. The summed E-state index contributed by atoms with van der Waals surface area (Å²) < 4.78 is 47.9. The summed E-state index contributed by atoms with van der Waals surface area (Å²) in [6.07, 6.45) is 4.43. The summed E-state index contributed by atoms with van der Waals surface area (Å²) in [5, 5.41) is 0.897. The van der Waals surface area contributed by atoms with E-state index < -0.39 is 15.6 Å².